The van der Waals surface area contributed by atoms with Crippen molar-refractivity contribution in [2.75, 3.05) is 5.32 Å². The van der Waals surface area contributed by atoms with Gasteiger partial charge in [-0.2, -0.15) is 13.2 Å². The minimum Gasteiger partial charge on any atom is -0.330 e. The second-order valence-corrected chi connectivity index (χ2v) is 6.50. The van der Waals surface area contributed by atoms with Gasteiger partial charge < -0.3 is 16.0 Å². The first-order chi connectivity index (χ1) is 13.2. The number of alkyl halides is 3. The Morgan fingerprint density at radius 3 is 2.54 bits per heavy atom. The molecule has 3 N–H and O–H groups in total. The highest BCUT2D eigenvalue weighted by molar-refractivity contribution is 5.97. The topological polar surface area (TPSA) is 70.2 Å². The van der Waals surface area contributed by atoms with E-state index in [9.17, 15) is 22.8 Å². The van der Waals surface area contributed by atoms with Crippen molar-refractivity contribution in [2.24, 2.45) is 5.92 Å². The van der Waals surface area contributed by atoms with Crippen LogP contribution in [0.2, 0.25) is 0 Å². The number of halogens is 3. The van der Waals surface area contributed by atoms with Crippen molar-refractivity contribution in [3.05, 3.63) is 77.5 Å². The maximum absolute atomic E-state index is 12.9. The Bertz CT molecular complexity index is 940. The number of rotatable bonds is 3. The van der Waals surface area contributed by atoms with Crippen molar-refractivity contribution in [3.63, 3.8) is 0 Å². The molecule has 2 aromatic rings. The number of hydrogen-bond donors (Lipinski definition) is 3. The first kappa shape index (κ1) is 19.5. The van der Waals surface area contributed by atoms with Crippen LogP contribution in [-0.2, 0) is 11.0 Å². The lowest BCUT2D eigenvalue weighted by atomic mass is 9.86. The Morgan fingerprint density at radius 1 is 1.14 bits per heavy atom. The van der Waals surface area contributed by atoms with Crippen LogP contribution in [0.1, 0.15) is 22.7 Å². The molecule has 0 aliphatic carbocycles. The van der Waals surface area contributed by atoms with Gasteiger partial charge in [-0.15, -0.1) is 0 Å². The molecule has 146 valence electrons. The summed E-state index contributed by atoms with van der Waals surface area (Å²) in [6.07, 6.45) is -4.52. The molecule has 3 rings (SSSR count). The van der Waals surface area contributed by atoms with Crippen LogP contribution in [0, 0.1) is 12.8 Å². The van der Waals surface area contributed by atoms with E-state index in [0.29, 0.717) is 0 Å². The average molecular weight is 389 g/mol. The van der Waals surface area contributed by atoms with Crippen LogP contribution in [-0.4, -0.2) is 11.9 Å². The van der Waals surface area contributed by atoms with E-state index in [0.717, 1.165) is 23.3 Å². The average Bonchev–Trinajstić information content (AvgIpc) is 2.60. The molecular weight excluding hydrogens is 371 g/mol. The molecule has 2 atom stereocenters. The van der Waals surface area contributed by atoms with E-state index >= 15 is 0 Å². The zero-order chi connectivity index (χ0) is 20.5. The number of carbonyl (C=O) groups excluding carboxylic acids is 2. The molecule has 28 heavy (non-hydrogen) atoms. The van der Waals surface area contributed by atoms with Crippen LogP contribution in [0.5, 0.6) is 0 Å². The van der Waals surface area contributed by atoms with Gasteiger partial charge in [0.1, 0.15) is 5.92 Å². The number of benzene rings is 2. The summed E-state index contributed by atoms with van der Waals surface area (Å²) in [5.74, 6) is -1.49. The van der Waals surface area contributed by atoms with Crippen molar-refractivity contribution in [2.45, 2.75) is 19.1 Å². The highest BCUT2D eigenvalue weighted by Crippen LogP contribution is 2.33. The predicted molar refractivity (Wildman–Crippen MR) is 98.3 cm³/mol. The minimum atomic E-state index is -4.52. The molecule has 0 radical (unpaired) electrons. The third-order valence-corrected chi connectivity index (χ3v) is 4.53. The Kier molecular flexibility index (Phi) is 5.13. The van der Waals surface area contributed by atoms with Crippen LogP contribution in [0.3, 0.4) is 0 Å². The molecule has 1 fully saturated rings. The lowest BCUT2D eigenvalue weighted by Crippen LogP contribution is -2.52. The van der Waals surface area contributed by atoms with Crippen molar-refractivity contribution >= 4 is 17.6 Å². The van der Waals surface area contributed by atoms with E-state index in [1.54, 1.807) is 12.1 Å². The summed E-state index contributed by atoms with van der Waals surface area (Å²) < 4.78 is 38.7. The number of urea groups is 1. The second kappa shape index (κ2) is 7.38. The van der Waals surface area contributed by atoms with Crippen molar-refractivity contribution in [1.82, 2.24) is 10.6 Å². The molecule has 1 heterocycles. The summed E-state index contributed by atoms with van der Waals surface area (Å²) in [7, 11) is 0. The van der Waals surface area contributed by atoms with E-state index < -0.39 is 35.6 Å². The van der Waals surface area contributed by atoms with E-state index in [1.165, 1.54) is 12.1 Å². The van der Waals surface area contributed by atoms with Crippen LogP contribution < -0.4 is 16.0 Å². The first-order valence-corrected chi connectivity index (χ1v) is 8.47. The van der Waals surface area contributed by atoms with Crippen LogP contribution in [0.15, 0.2) is 60.8 Å². The van der Waals surface area contributed by atoms with Gasteiger partial charge >= 0.3 is 12.2 Å². The molecular formula is C20H18F3N3O2. The molecule has 5 nitrogen and oxygen atoms in total. The Hall–Kier alpha value is -3.29. The fraction of sp³-hybridized carbons (Fsp3) is 0.200. The zero-order valence-electron chi connectivity index (χ0n) is 14.9. The number of carbonyl (C=O) groups is 2. The Morgan fingerprint density at radius 2 is 1.86 bits per heavy atom. The van der Waals surface area contributed by atoms with Gasteiger partial charge in [0.05, 0.1) is 11.6 Å². The fourth-order valence-corrected chi connectivity index (χ4v) is 3.18. The van der Waals surface area contributed by atoms with Gasteiger partial charge in [0.25, 0.3) is 0 Å². The summed E-state index contributed by atoms with van der Waals surface area (Å²) in [6.45, 7) is 5.60. The molecule has 0 saturated carbocycles. The van der Waals surface area contributed by atoms with Gasteiger partial charge in [-0.3, -0.25) is 4.79 Å². The van der Waals surface area contributed by atoms with E-state index in [-0.39, 0.29) is 11.4 Å². The fourth-order valence-electron chi connectivity index (χ4n) is 3.18. The highest BCUT2D eigenvalue weighted by atomic mass is 19.4. The predicted octanol–water partition coefficient (Wildman–Crippen LogP) is 4.14. The van der Waals surface area contributed by atoms with Gasteiger partial charge in [-0.1, -0.05) is 36.9 Å². The number of aryl methyl sites for hydroxylation is 1. The molecule has 8 heteroatoms. The maximum atomic E-state index is 12.9. The van der Waals surface area contributed by atoms with Gasteiger partial charge in [0.15, 0.2) is 0 Å². The van der Waals surface area contributed by atoms with Gasteiger partial charge in [0, 0.05) is 11.4 Å². The zero-order valence-corrected chi connectivity index (χ0v) is 14.9. The van der Waals surface area contributed by atoms with E-state index in [1.807, 2.05) is 19.1 Å². The van der Waals surface area contributed by atoms with Crippen LogP contribution in [0.4, 0.5) is 23.7 Å². The first-order valence-electron chi connectivity index (χ1n) is 8.47. The second-order valence-electron chi connectivity index (χ2n) is 6.50. The van der Waals surface area contributed by atoms with Gasteiger partial charge in [0.2, 0.25) is 5.91 Å². The molecule has 3 amide bonds. The molecule has 2 aromatic carbocycles. The minimum absolute atomic E-state index is 0.00746. The van der Waals surface area contributed by atoms with Gasteiger partial charge in [-0.25, -0.2) is 4.79 Å². The molecule has 0 bridgehead atoms. The lowest BCUT2D eigenvalue weighted by molar-refractivity contribution is -0.137. The molecule has 0 aromatic heterocycles. The monoisotopic (exact) mass is 389 g/mol. The third-order valence-electron chi connectivity index (χ3n) is 4.53. The van der Waals surface area contributed by atoms with Gasteiger partial charge in [-0.05, 0) is 36.2 Å². The number of anilines is 1. The largest absolute Gasteiger partial charge is 0.416 e. The van der Waals surface area contributed by atoms with Crippen molar-refractivity contribution < 1.29 is 22.8 Å². The molecule has 0 unspecified atom stereocenters. The molecule has 0 spiro atoms. The summed E-state index contributed by atoms with van der Waals surface area (Å²) in [5.41, 5.74) is 0.895. The SMILES string of the molecule is C=C1NC(=O)N[C@H](c2ccccc2C)[C@H]1C(=O)Nc1cccc(C(F)(F)F)c1. The highest BCUT2D eigenvalue weighted by Gasteiger charge is 2.38. The maximum Gasteiger partial charge on any atom is 0.416 e. The number of hydrogen-bond acceptors (Lipinski definition) is 2. The standard InChI is InChI=1S/C20H18F3N3O2/c1-11-6-3-4-9-15(11)17-16(12(2)24-19(28)26-17)18(27)25-14-8-5-7-13(10-14)20(21,22)23/h3-10,16-17H,2H2,1H3,(H,25,27)(H2,24,26,28)/t16-,17+/m0/s1. The van der Waals surface area contributed by atoms with Crippen molar-refractivity contribution in [1.29, 1.82) is 0 Å². The quantitative estimate of drug-likeness (QED) is 0.739. The molecule has 1 aliphatic heterocycles. The summed E-state index contributed by atoms with van der Waals surface area (Å²) in [4.78, 5) is 24.8. The van der Waals surface area contributed by atoms with Crippen LogP contribution >= 0.6 is 0 Å². The molecule has 1 saturated heterocycles. The molecule has 1 aliphatic rings. The Labute approximate surface area is 159 Å². The normalized spacial score (nSPS) is 19.6. The summed E-state index contributed by atoms with van der Waals surface area (Å²) >= 11 is 0. The van der Waals surface area contributed by atoms with Crippen molar-refractivity contribution in [3.8, 4) is 0 Å². The Balaban J connectivity index is 1.91. The lowest BCUT2D eigenvalue weighted by Gasteiger charge is -2.34. The number of nitrogens with one attached hydrogen (secondary N) is 3. The van der Waals surface area contributed by atoms with E-state index in [4.69, 9.17) is 0 Å². The third kappa shape index (κ3) is 4.00. The van der Waals surface area contributed by atoms with E-state index in [2.05, 4.69) is 22.5 Å². The smallest absolute Gasteiger partial charge is 0.330 e. The van der Waals surface area contributed by atoms with Crippen LogP contribution in [0.25, 0.3) is 0 Å². The number of amides is 3. The summed E-state index contributed by atoms with van der Waals surface area (Å²) in [5, 5.41) is 7.67. The summed E-state index contributed by atoms with van der Waals surface area (Å²) in [6, 6.07) is 10.4.